The van der Waals surface area contributed by atoms with Crippen LogP contribution in [0, 0.1) is 76.5 Å². The molecular weight excluding hydrogens is 1730 g/mol. The number of nitrogens with two attached hydrogens (primary N) is 4. The number of aliphatic hydroxyl groups is 1. The fourth-order valence-corrected chi connectivity index (χ4v) is 23.0. The average molecular weight is 1840 g/mol. The molecule has 9 N–H and O–H groups in total. The first-order valence-electron chi connectivity index (χ1n) is 43.0. The molecule has 18 rings (SSSR count). The van der Waals surface area contributed by atoms with Crippen molar-refractivity contribution in [1.82, 2.24) is 43.2 Å². The number of aromatic nitrogens is 9. The minimum atomic E-state index is -0.216. The van der Waals surface area contributed by atoms with E-state index < -0.39 is 0 Å². The molecule has 0 bridgehead atoms. The lowest BCUT2D eigenvalue weighted by atomic mass is 9.73. The fourth-order valence-electron chi connectivity index (χ4n) is 21.5. The van der Waals surface area contributed by atoms with Crippen molar-refractivity contribution in [3.8, 4) is 22.7 Å². The molecular formula is C94H109Cl8N17O5. The molecule has 4 spiro atoms. The second-order valence-corrected chi connectivity index (χ2v) is 38.8. The third kappa shape index (κ3) is 16.8. The van der Waals surface area contributed by atoms with Crippen LogP contribution in [-0.4, -0.2) is 125 Å². The highest BCUT2D eigenvalue weighted by molar-refractivity contribution is 6.44. The number of halogens is 8. The molecule has 0 unspecified atom stereocenters. The minimum Gasteiger partial charge on any atom is -0.396 e. The Morgan fingerprint density at radius 2 is 0.806 bits per heavy atom. The van der Waals surface area contributed by atoms with Gasteiger partial charge in [-0.25, -0.2) is 19.9 Å². The third-order valence-corrected chi connectivity index (χ3v) is 31.8. The van der Waals surface area contributed by atoms with Crippen LogP contribution in [0.5, 0.6) is 0 Å². The molecule has 9 heterocycles. The minimum absolute atomic E-state index is 0.0645. The van der Waals surface area contributed by atoms with E-state index in [-0.39, 0.29) is 81.1 Å². The molecule has 8 aliphatic rings. The normalized spacial score (nSPS) is 21.3. The van der Waals surface area contributed by atoms with Crippen LogP contribution in [0.4, 0.5) is 23.3 Å². The van der Waals surface area contributed by atoms with Gasteiger partial charge in [0.15, 0.2) is 0 Å². The Kier molecular flexibility index (Phi) is 26.9. The molecule has 124 heavy (non-hydrogen) atoms. The average Bonchev–Trinajstić information content (AvgIpc) is 1.57. The predicted octanol–water partition coefficient (Wildman–Crippen LogP) is 17.2. The number of aliphatic hydroxyl groups excluding tert-OH is 1. The summed E-state index contributed by atoms with van der Waals surface area (Å²) in [4.78, 5) is 86.3. The van der Waals surface area contributed by atoms with Gasteiger partial charge in [0.1, 0.15) is 46.6 Å². The van der Waals surface area contributed by atoms with Gasteiger partial charge in [-0.3, -0.25) is 42.4 Å². The standard InChI is InChI=1S/C25H26Cl2N4O.C24H25Cl2N5O.C23H30Cl2N4O2.C22H28Cl2N4O/c1-15-23(29-16(2)31(24(15)32)20-9-5-8-19(26)21(20)27)30-12-10-25(11-13-30)14-17-6-3-4-7-18(17)22(25)28;1-14-22(29-15(2)31(23(14)32)18-7-3-6-17(25)20(18)26)30-11-8-24(9-12-30)19(27)13-16-5-4-10-28-21(16)24;1-14-6-8-23(20(14)26)9-11-28(12-10-23)21-16(7-13-30)22(31)29(15(2)27-21)18-5-3-4-17(24)19(18)25;1-13-11-18(25)22(12-13)7-9-27(10-8-22)20-14(2)21(29)28(15(3)26-20)17-6-4-5-16(23)19(17)24/h3-9,22H,10-14,28H2,1-2H3;3-7,10,19H,8-9,11-13,27H2,1-2H3;3-5,14,20,30H,6-13,26H2,1-2H3;4-6,13,18H,7-12,25H2,1-3H3/t22-;19-;14-,20-;13-,18+/m1110/s1. The molecule has 4 aliphatic carbocycles. The van der Waals surface area contributed by atoms with E-state index in [4.69, 9.17) is 141 Å². The number of benzene rings is 5. The van der Waals surface area contributed by atoms with Crippen molar-refractivity contribution < 1.29 is 5.11 Å². The zero-order chi connectivity index (χ0) is 88.5. The fraction of sp³-hybridized carbons (Fsp3) is 0.457. The van der Waals surface area contributed by atoms with E-state index in [1.165, 1.54) is 45.1 Å². The van der Waals surface area contributed by atoms with Crippen molar-refractivity contribution in [3.05, 3.63) is 265 Å². The van der Waals surface area contributed by atoms with E-state index in [9.17, 15) is 24.3 Å². The molecule has 0 amide bonds. The molecule has 22 nitrogen and oxygen atoms in total. The topological polar surface area (TPSA) is 290 Å². The lowest BCUT2D eigenvalue weighted by molar-refractivity contribution is 0.185. The van der Waals surface area contributed by atoms with Crippen LogP contribution in [0.1, 0.15) is 165 Å². The maximum atomic E-state index is 13.5. The van der Waals surface area contributed by atoms with E-state index in [1.807, 2.05) is 53.8 Å². The van der Waals surface area contributed by atoms with Crippen molar-refractivity contribution in [2.24, 2.45) is 51.0 Å². The van der Waals surface area contributed by atoms with E-state index in [2.05, 4.69) is 63.8 Å². The van der Waals surface area contributed by atoms with E-state index in [1.54, 1.807) is 88.9 Å². The molecule has 5 aromatic carbocycles. The molecule has 2 saturated carbocycles. The predicted molar refractivity (Wildman–Crippen MR) is 504 cm³/mol. The highest BCUT2D eigenvalue weighted by Gasteiger charge is 2.51. The molecule has 656 valence electrons. The quantitative estimate of drug-likeness (QED) is 0.0850. The Morgan fingerprint density at radius 3 is 1.20 bits per heavy atom. The van der Waals surface area contributed by atoms with Crippen molar-refractivity contribution >= 4 is 116 Å². The molecule has 4 aliphatic heterocycles. The summed E-state index contributed by atoms with van der Waals surface area (Å²) in [7, 11) is 0. The first kappa shape index (κ1) is 90.9. The Morgan fingerprint density at radius 1 is 0.427 bits per heavy atom. The van der Waals surface area contributed by atoms with Gasteiger partial charge in [-0.1, -0.05) is 161 Å². The summed E-state index contributed by atoms with van der Waals surface area (Å²) in [5.74, 6) is 6.48. The Bertz CT molecular complexity index is 5980. The van der Waals surface area contributed by atoms with Crippen LogP contribution < -0.4 is 64.8 Å². The van der Waals surface area contributed by atoms with Gasteiger partial charge in [0.25, 0.3) is 22.2 Å². The second-order valence-electron chi connectivity index (χ2n) is 35.7. The van der Waals surface area contributed by atoms with Crippen molar-refractivity contribution in [1.29, 1.82) is 0 Å². The largest absolute Gasteiger partial charge is 0.396 e. The maximum absolute atomic E-state index is 13.5. The summed E-state index contributed by atoms with van der Waals surface area (Å²) in [5.41, 5.74) is 35.8. The Labute approximate surface area is 764 Å². The smallest absolute Gasteiger partial charge is 0.263 e. The van der Waals surface area contributed by atoms with Gasteiger partial charge >= 0.3 is 0 Å². The van der Waals surface area contributed by atoms with E-state index in [0.29, 0.717) is 126 Å². The maximum Gasteiger partial charge on any atom is 0.263 e. The molecule has 30 heteroatoms. The van der Waals surface area contributed by atoms with Gasteiger partial charge in [0.2, 0.25) is 0 Å². The monoisotopic (exact) mass is 1840 g/mol. The van der Waals surface area contributed by atoms with Crippen LogP contribution in [0.15, 0.2) is 135 Å². The van der Waals surface area contributed by atoms with Crippen LogP contribution in [-0.2, 0) is 24.7 Å². The second kappa shape index (κ2) is 36.7. The highest BCUT2D eigenvalue weighted by Crippen LogP contribution is 2.54. The molecule has 0 radical (unpaired) electrons. The van der Waals surface area contributed by atoms with Crippen LogP contribution >= 0.6 is 92.8 Å². The number of aryl methyl sites for hydroxylation is 4. The van der Waals surface area contributed by atoms with E-state index >= 15 is 0 Å². The van der Waals surface area contributed by atoms with E-state index in [0.717, 1.165) is 146 Å². The number of pyridine rings is 1. The number of piperidine rings is 4. The lowest BCUT2D eigenvalue weighted by Gasteiger charge is -2.43. The van der Waals surface area contributed by atoms with Gasteiger partial charge in [0.05, 0.1) is 90.9 Å². The van der Waals surface area contributed by atoms with Crippen LogP contribution in [0.2, 0.25) is 40.2 Å². The molecule has 10 aromatic rings. The Hall–Kier alpha value is -7.91. The number of rotatable bonds is 10. The molecule has 5 aromatic heterocycles. The molecule has 4 saturated heterocycles. The van der Waals surface area contributed by atoms with Crippen LogP contribution in [0.25, 0.3) is 22.7 Å². The number of nitrogens with zero attached hydrogens (tertiary/aromatic N) is 13. The Balaban J connectivity index is 0.000000128. The van der Waals surface area contributed by atoms with Gasteiger partial charge in [0, 0.05) is 101 Å². The summed E-state index contributed by atoms with van der Waals surface area (Å²) in [6.07, 6.45) is 16.5. The highest BCUT2D eigenvalue weighted by atomic mass is 35.5. The zero-order valence-corrected chi connectivity index (χ0v) is 77.7. The number of hydrogen-bond donors (Lipinski definition) is 5. The first-order chi connectivity index (χ1) is 59.2. The zero-order valence-electron chi connectivity index (χ0n) is 71.6. The summed E-state index contributed by atoms with van der Waals surface area (Å²) in [5, 5.41) is 12.6. The van der Waals surface area contributed by atoms with Gasteiger partial charge < -0.3 is 47.6 Å². The molecule has 6 atom stereocenters. The van der Waals surface area contributed by atoms with Gasteiger partial charge in [-0.05, 0) is 238 Å². The summed E-state index contributed by atoms with van der Waals surface area (Å²) in [6.45, 7) is 23.8. The lowest BCUT2D eigenvalue weighted by Crippen LogP contribution is -2.51. The summed E-state index contributed by atoms with van der Waals surface area (Å²) in [6, 6.07) is 34.3. The van der Waals surface area contributed by atoms with Gasteiger partial charge in [-0.2, -0.15) is 0 Å². The third-order valence-electron chi connectivity index (χ3n) is 28.6. The number of fused-ring (bicyclic) bond motifs is 3. The van der Waals surface area contributed by atoms with Crippen LogP contribution in [0.3, 0.4) is 0 Å². The van der Waals surface area contributed by atoms with Gasteiger partial charge in [-0.15, -0.1) is 0 Å². The summed E-state index contributed by atoms with van der Waals surface area (Å²) < 4.78 is 6.11. The SMILES string of the molecule is Cc1c(N2CCC3(CC2)C[C@@H](C)C[C@H]3N)nc(C)n(-c2cccc(Cl)c2Cl)c1=O.Cc1c(N2CCC3(CC2)Cc2ccccc2[C@H]3N)nc(C)n(-c2cccc(Cl)c2Cl)c1=O.Cc1c(N2CCC3(CC2)c2ncccc2C[C@H]3N)nc(C)n(-c2cccc(Cl)c2Cl)c1=O.Cc1nc(N2CCC3(CC[C@@H](C)[C@H]3N)CC2)c(CCO)c(=O)n1-c1cccc(Cl)c1Cl. The number of anilines is 4. The number of hydrogen-bond acceptors (Lipinski definition) is 18. The summed E-state index contributed by atoms with van der Waals surface area (Å²) >= 11 is 50.2. The van der Waals surface area contributed by atoms with Crippen molar-refractivity contribution in [2.75, 3.05) is 78.6 Å². The molecule has 6 fully saturated rings. The van der Waals surface area contributed by atoms with Crippen molar-refractivity contribution in [3.63, 3.8) is 0 Å². The van der Waals surface area contributed by atoms with Crippen molar-refractivity contribution in [2.45, 2.75) is 188 Å². The first-order valence-corrected chi connectivity index (χ1v) is 46.1.